The largest absolute Gasteiger partial charge is 0.379 e. The van der Waals surface area contributed by atoms with Gasteiger partial charge in [0.25, 0.3) is 0 Å². The molecule has 2 aliphatic heterocycles. The van der Waals surface area contributed by atoms with E-state index in [9.17, 15) is 8.42 Å². The Morgan fingerprint density at radius 2 is 1.92 bits per heavy atom. The average Bonchev–Trinajstić information content (AvgIpc) is 2.56. The summed E-state index contributed by atoms with van der Waals surface area (Å²) in [5.41, 5.74) is 0.882. The van der Waals surface area contributed by atoms with Crippen LogP contribution in [0.25, 0.3) is 0 Å². The summed E-state index contributed by atoms with van der Waals surface area (Å²) in [6.07, 6.45) is 0. The molecule has 6 nitrogen and oxygen atoms in total. The van der Waals surface area contributed by atoms with Gasteiger partial charge in [-0.25, -0.2) is 8.42 Å². The van der Waals surface area contributed by atoms with Gasteiger partial charge < -0.3 is 10.1 Å². The fourth-order valence-corrected chi connectivity index (χ4v) is 4.83. The number of hydrogen-bond donors (Lipinski definition) is 1. The first kappa shape index (κ1) is 19.6. The van der Waals surface area contributed by atoms with Crippen LogP contribution < -0.4 is 5.32 Å². The van der Waals surface area contributed by atoms with Crippen LogP contribution in [-0.2, 0) is 21.3 Å². The molecule has 2 saturated heterocycles. The predicted octanol–water partition coefficient (Wildman–Crippen LogP) is 0.923. The SMILES string of the molecule is CC1CN(Cc2ccccc2S(=O)(=O)N2CCOCC2)CCN1.Cl. The molecule has 1 aromatic rings. The van der Waals surface area contributed by atoms with E-state index in [1.54, 1.807) is 12.1 Å². The zero-order valence-corrected chi connectivity index (χ0v) is 15.6. The van der Waals surface area contributed by atoms with Crippen LogP contribution in [0.1, 0.15) is 12.5 Å². The number of hydrogen-bond acceptors (Lipinski definition) is 5. The van der Waals surface area contributed by atoms with Crippen molar-refractivity contribution in [3.8, 4) is 0 Å². The van der Waals surface area contributed by atoms with E-state index in [-0.39, 0.29) is 12.4 Å². The van der Waals surface area contributed by atoms with Crippen molar-refractivity contribution >= 4 is 22.4 Å². The quantitative estimate of drug-likeness (QED) is 0.848. The van der Waals surface area contributed by atoms with Crippen molar-refractivity contribution in [3.05, 3.63) is 29.8 Å². The minimum atomic E-state index is -3.45. The maximum atomic E-state index is 13.0. The summed E-state index contributed by atoms with van der Waals surface area (Å²) in [7, 11) is -3.45. The molecule has 24 heavy (non-hydrogen) atoms. The van der Waals surface area contributed by atoms with Gasteiger partial charge in [-0.1, -0.05) is 18.2 Å². The molecule has 8 heteroatoms. The Kier molecular flexibility index (Phi) is 7.03. The first-order valence-corrected chi connectivity index (χ1v) is 9.63. The Labute approximate surface area is 150 Å². The zero-order chi connectivity index (χ0) is 16.3. The molecule has 0 saturated carbocycles. The van der Waals surface area contributed by atoms with Gasteiger partial charge >= 0.3 is 0 Å². The minimum Gasteiger partial charge on any atom is -0.379 e. The van der Waals surface area contributed by atoms with Gasteiger partial charge in [-0.2, -0.15) is 4.31 Å². The van der Waals surface area contributed by atoms with Gasteiger partial charge in [-0.05, 0) is 18.6 Å². The molecule has 2 fully saturated rings. The first-order chi connectivity index (χ1) is 11.1. The van der Waals surface area contributed by atoms with Gasteiger partial charge in [0.1, 0.15) is 0 Å². The van der Waals surface area contributed by atoms with Crippen LogP contribution in [0.3, 0.4) is 0 Å². The monoisotopic (exact) mass is 375 g/mol. The molecule has 136 valence electrons. The summed E-state index contributed by atoms with van der Waals surface area (Å²) < 4.78 is 32.7. The standard InChI is InChI=1S/C16H25N3O3S.ClH/c1-14-12-18(7-6-17-14)13-15-4-2-3-5-16(15)23(20,21)19-8-10-22-11-9-19;/h2-5,14,17H,6-13H2,1H3;1H. The number of ether oxygens (including phenoxy) is 1. The van der Waals surface area contributed by atoms with E-state index in [1.165, 1.54) is 4.31 Å². The highest BCUT2D eigenvalue weighted by molar-refractivity contribution is 7.89. The molecule has 0 aliphatic carbocycles. The van der Waals surface area contributed by atoms with E-state index >= 15 is 0 Å². The third kappa shape index (κ3) is 4.47. The number of piperazine rings is 1. The van der Waals surface area contributed by atoms with Gasteiger partial charge in [0.2, 0.25) is 10.0 Å². The molecule has 0 aromatic heterocycles. The lowest BCUT2D eigenvalue weighted by molar-refractivity contribution is 0.0730. The number of nitrogens with zero attached hydrogens (tertiary/aromatic N) is 2. The van der Waals surface area contributed by atoms with E-state index in [2.05, 4.69) is 17.1 Å². The summed E-state index contributed by atoms with van der Waals surface area (Å²) in [6, 6.07) is 7.81. The molecular weight excluding hydrogens is 350 g/mol. The number of nitrogens with one attached hydrogen (secondary N) is 1. The van der Waals surface area contributed by atoms with Crippen molar-refractivity contribution in [1.29, 1.82) is 0 Å². The van der Waals surface area contributed by atoms with E-state index < -0.39 is 10.0 Å². The Morgan fingerprint density at radius 3 is 2.62 bits per heavy atom. The highest BCUT2D eigenvalue weighted by Crippen LogP contribution is 2.22. The summed E-state index contributed by atoms with van der Waals surface area (Å²) in [5.74, 6) is 0. The van der Waals surface area contributed by atoms with Crippen molar-refractivity contribution in [1.82, 2.24) is 14.5 Å². The normalized spacial score (nSPS) is 23.6. The molecule has 2 heterocycles. The molecule has 0 amide bonds. The lowest BCUT2D eigenvalue weighted by Crippen LogP contribution is -2.48. The lowest BCUT2D eigenvalue weighted by Gasteiger charge is -2.33. The molecule has 1 atom stereocenters. The third-order valence-corrected chi connectivity index (χ3v) is 6.41. The number of halogens is 1. The second kappa shape index (κ2) is 8.60. The van der Waals surface area contributed by atoms with Gasteiger partial charge in [0.15, 0.2) is 0 Å². The topological polar surface area (TPSA) is 61.9 Å². The Hall–Kier alpha value is -0.700. The van der Waals surface area contributed by atoms with Crippen LogP contribution in [0.15, 0.2) is 29.2 Å². The summed E-state index contributed by atoms with van der Waals surface area (Å²) >= 11 is 0. The van der Waals surface area contributed by atoms with Crippen LogP contribution in [0.2, 0.25) is 0 Å². The van der Waals surface area contributed by atoms with E-state index in [1.807, 2.05) is 12.1 Å². The smallest absolute Gasteiger partial charge is 0.243 e. The van der Waals surface area contributed by atoms with Gasteiger partial charge in [0, 0.05) is 45.3 Å². The maximum absolute atomic E-state index is 13.0. The zero-order valence-electron chi connectivity index (χ0n) is 14.0. The molecule has 0 bridgehead atoms. The van der Waals surface area contributed by atoms with Crippen LogP contribution in [-0.4, -0.2) is 69.6 Å². The predicted molar refractivity (Wildman–Crippen MR) is 96.0 cm³/mol. The molecule has 0 spiro atoms. The van der Waals surface area contributed by atoms with Crippen LogP contribution in [0.5, 0.6) is 0 Å². The number of morpholine rings is 1. The van der Waals surface area contributed by atoms with E-state index in [0.29, 0.717) is 43.8 Å². The molecule has 2 aliphatic rings. The average molecular weight is 376 g/mol. The summed E-state index contributed by atoms with van der Waals surface area (Å²) in [5, 5.41) is 3.41. The van der Waals surface area contributed by atoms with Crippen molar-refractivity contribution in [2.45, 2.75) is 24.4 Å². The van der Waals surface area contributed by atoms with E-state index in [4.69, 9.17) is 4.74 Å². The van der Waals surface area contributed by atoms with Crippen molar-refractivity contribution < 1.29 is 13.2 Å². The lowest BCUT2D eigenvalue weighted by atomic mass is 10.1. The van der Waals surface area contributed by atoms with Crippen LogP contribution >= 0.6 is 12.4 Å². The Balaban J connectivity index is 0.00000208. The van der Waals surface area contributed by atoms with Gasteiger partial charge in [-0.3, -0.25) is 4.90 Å². The van der Waals surface area contributed by atoms with Crippen LogP contribution in [0.4, 0.5) is 0 Å². The maximum Gasteiger partial charge on any atom is 0.243 e. The third-order valence-electron chi connectivity index (χ3n) is 4.41. The second-order valence-electron chi connectivity index (χ2n) is 6.21. The molecule has 1 N–H and O–H groups in total. The number of rotatable bonds is 4. The molecular formula is C16H26ClN3O3S. The minimum absolute atomic E-state index is 0. The summed E-state index contributed by atoms with van der Waals surface area (Å²) in [4.78, 5) is 2.75. The highest BCUT2D eigenvalue weighted by Gasteiger charge is 2.29. The van der Waals surface area contributed by atoms with Crippen molar-refractivity contribution in [2.24, 2.45) is 0 Å². The molecule has 3 rings (SSSR count). The molecule has 1 unspecified atom stereocenters. The van der Waals surface area contributed by atoms with Gasteiger partial charge in [0.05, 0.1) is 18.1 Å². The number of benzene rings is 1. The van der Waals surface area contributed by atoms with Crippen LogP contribution in [0, 0.1) is 0 Å². The molecule has 0 radical (unpaired) electrons. The number of sulfonamides is 1. The fourth-order valence-electron chi connectivity index (χ4n) is 3.21. The fraction of sp³-hybridized carbons (Fsp3) is 0.625. The van der Waals surface area contributed by atoms with Crippen molar-refractivity contribution in [2.75, 3.05) is 45.9 Å². The highest BCUT2D eigenvalue weighted by atomic mass is 35.5. The Bertz CT molecular complexity index is 635. The van der Waals surface area contributed by atoms with Crippen molar-refractivity contribution in [3.63, 3.8) is 0 Å². The molecule has 1 aromatic carbocycles. The second-order valence-corrected chi connectivity index (χ2v) is 8.12. The summed E-state index contributed by atoms with van der Waals surface area (Å²) in [6.45, 7) is 7.45. The first-order valence-electron chi connectivity index (χ1n) is 8.19. The Morgan fingerprint density at radius 1 is 1.21 bits per heavy atom. The van der Waals surface area contributed by atoms with Gasteiger partial charge in [-0.15, -0.1) is 12.4 Å². The van der Waals surface area contributed by atoms with E-state index in [0.717, 1.165) is 25.2 Å².